The zero-order valence-electron chi connectivity index (χ0n) is 14.3. The molecule has 26 heavy (non-hydrogen) atoms. The van der Waals surface area contributed by atoms with Crippen molar-refractivity contribution in [1.82, 2.24) is 9.62 Å². The maximum Gasteiger partial charge on any atom is 0.243 e. The van der Waals surface area contributed by atoms with Crippen LogP contribution in [0.15, 0.2) is 59.5 Å². The topological polar surface area (TPSA) is 66.5 Å². The number of rotatable bonds is 6. The first-order chi connectivity index (χ1) is 12.5. The standard InChI is InChI=1S/C19H21FN2O3S/c20-16-8-10-17(11-9-16)26(24,25)22-14-4-7-18(22)19(23)21-13-12-15-5-2-1-3-6-15/h1-3,5-6,8-11,18H,4,7,12-14H2,(H,21,23)/t18-/m0/s1. The number of nitrogens with one attached hydrogen (secondary N) is 1. The third-order valence-corrected chi connectivity index (χ3v) is 6.40. The van der Waals surface area contributed by atoms with Crippen LogP contribution in [0.4, 0.5) is 4.39 Å². The molecule has 1 aliphatic rings. The number of halogens is 1. The average Bonchev–Trinajstić information content (AvgIpc) is 3.14. The fraction of sp³-hybridized carbons (Fsp3) is 0.316. The molecule has 1 saturated heterocycles. The van der Waals surface area contributed by atoms with Crippen molar-refractivity contribution < 1.29 is 17.6 Å². The summed E-state index contributed by atoms with van der Waals surface area (Å²) in [6, 6.07) is 13.7. The normalized spacial score (nSPS) is 18.0. The summed E-state index contributed by atoms with van der Waals surface area (Å²) in [6.45, 7) is 0.736. The van der Waals surface area contributed by atoms with Gasteiger partial charge in [0.05, 0.1) is 4.90 Å². The Morgan fingerprint density at radius 1 is 1.12 bits per heavy atom. The van der Waals surface area contributed by atoms with Crippen molar-refractivity contribution in [1.29, 1.82) is 0 Å². The third kappa shape index (κ3) is 4.11. The molecule has 1 amide bonds. The summed E-state index contributed by atoms with van der Waals surface area (Å²) in [5, 5.41) is 2.83. The third-order valence-electron chi connectivity index (χ3n) is 4.48. The number of carbonyl (C=O) groups excluding carboxylic acids is 1. The summed E-state index contributed by atoms with van der Waals surface area (Å²) < 4.78 is 39.8. The molecule has 5 nitrogen and oxygen atoms in total. The van der Waals surface area contributed by atoms with Gasteiger partial charge in [0.15, 0.2) is 0 Å². The van der Waals surface area contributed by atoms with E-state index < -0.39 is 21.9 Å². The van der Waals surface area contributed by atoms with Crippen molar-refractivity contribution in [2.45, 2.75) is 30.2 Å². The van der Waals surface area contributed by atoms with Gasteiger partial charge < -0.3 is 5.32 Å². The lowest BCUT2D eigenvalue weighted by molar-refractivity contribution is -0.124. The Labute approximate surface area is 152 Å². The molecule has 0 aromatic heterocycles. The second kappa shape index (κ2) is 7.97. The van der Waals surface area contributed by atoms with Crippen LogP contribution in [-0.2, 0) is 21.2 Å². The first-order valence-corrected chi connectivity index (χ1v) is 10.0. The lowest BCUT2D eigenvalue weighted by Crippen LogP contribution is -2.46. The molecule has 1 atom stereocenters. The van der Waals surface area contributed by atoms with Crippen LogP contribution in [0.3, 0.4) is 0 Å². The van der Waals surface area contributed by atoms with E-state index in [1.165, 1.54) is 16.4 Å². The number of amides is 1. The van der Waals surface area contributed by atoms with E-state index in [9.17, 15) is 17.6 Å². The van der Waals surface area contributed by atoms with Gasteiger partial charge in [-0.1, -0.05) is 30.3 Å². The van der Waals surface area contributed by atoms with E-state index in [-0.39, 0.29) is 17.3 Å². The highest BCUT2D eigenvalue weighted by Gasteiger charge is 2.39. The van der Waals surface area contributed by atoms with Gasteiger partial charge in [-0.05, 0) is 49.1 Å². The van der Waals surface area contributed by atoms with Crippen LogP contribution in [-0.4, -0.2) is 37.8 Å². The number of hydrogen-bond donors (Lipinski definition) is 1. The SMILES string of the molecule is O=C(NCCc1ccccc1)[C@@H]1CCCN1S(=O)(=O)c1ccc(F)cc1. The fourth-order valence-corrected chi connectivity index (χ4v) is 4.78. The first-order valence-electron chi connectivity index (χ1n) is 8.57. The molecule has 2 aromatic rings. The Balaban J connectivity index is 1.65. The molecule has 1 N–H and O–H groups in total. The second-order valence-corrected chi connectivity index (χ2v) is 8.14. The number of sulfonamides is 1. The molecule has 3 rings (SSSR count). The highest BCUT2D eigenvalue weighted by Crippen LogP contribution is 2.26. The summed E-state index contributed by atoms with van der Waals surface area (Å²) in [5.41, 5.74) is 1.11. The van der Waals surface area contributed by atoms with E-state index >= 15 is 0 Å². The van der Waals surface area contributed by atoms with E-state index in [2.05, 4.69) is 5.32 Å². The molecule has 138 valence electrons. The van der Waals surface area contributed by atoms with Gasteiger partial charge >= 0.3 is 0 Å². The van der Waals surface area contributed by atoms with Crippen molar-refractivity contribution in [2.75, 3.05) is 13.1 Å². The van der Waals surface area contributed by atoms with Crippen molar-refractivity contribution in [3.05, 3.63) is 66.0 Å². The lowest BCUT2D eigenvalue weighted by Gasteiger charge is -2.23. The molecule has 2 aromatic carbocycles. The van der Waals surface area contributed by atoms with Crippen LogP contribution in [0.2, 0.25) is 0 Å². The van der Waals surface area contributed by atoms with Crippen molar-refractivity contribution in [2.24, 2.45) is 0 Å². The predicted molar refractivity (Wildman–Crippen MR) is 96.5 cm³/mol. The predicted octanol–water partition coefficient (Wildman–Crippen LogP) is 2.34. The summed E-state index contributed by atoms with van der Waals surface area (Å²) in [7, 11) is -3.82. The maximum atomic E-state index is 13.1. The Kier molecular flexibility index (Phi) is 5.68. The van der Waals surface area contributed by atoms with Gasteiger partial charge in [-0.15, -0.1) is 0 Å². The van der Waals surface area contributed by atoms with E-state index in [0.29, 0.717) is 25.8 Å². The summed E-state index contributed by atoms with van der Waals surface area (Å²) >= 11 is 0. The van der Waals surface area contributed by atoms with E-state index in [4.69, 9.17) is 0 Å². The lowest BCUT2D eigenvalue weighted by atomic mass is 10.1. The Morgan fingerprint density at radius 3 is 2.50 bits per heavy atom. The van der Waals surface area contributed by atoms with Crippen molar-refractivity contribution in [3.8, 4) is 0 Å². The maximum absolute atomic E-state index is 13.1. The fourth-order valence-electron chi connectivity index (χ4n) is 3.12. The zero-order valence-corrected chi connectivity index (χ0v) is 15.1. The highest BCUT2D eigenvalue weighted by molar-refractivity contribution is 7.89. The van der Waals surface area contributed by atoms with Gasteiger partial charge in [0.2, 0.25) is 15.9 Å². The van der Waals surface area contributed by atoms with Crippen LogP contribution in [0, 0.1) is 5.82 Å². The number of carbonyl (C=O) groups is 1. The Bertz CT molecular complexity index is 854. The van der Waals surface area contributed by atoms with Crippen molar-refractivity contribution in [3.63, 3.8) is 0 Å². The van der Waals surface area contributed by atoms with Crippen LogP contribution >= 0.6 is 0 Å². The first kappa shape index (κ1) is 18.5. The minimum Gasteiger partial charge on any atom is -0.354 e. The van der Waals surface area contributed by atoms with Gasteiger partial charge in [0.1, 0.15) is 11.9 Å². The van der Waals surface area contributed by atoms with Crippen molar-refractivity contribution >= 4 is 15.9 Å². The van der Waals surface area contributed by atoms with Crippen LogP contribution < -0.4 is 5.32 Å². The highest BCUT2D eigenvalue weighted by atomic mass is 32.2. The zero-order chi connectivity index (χ0) is 18.6. The minimum absolute atomic E-state index is 0.00267. The average molecular weight is 376 g/mol. The van der Waals surface area contributed by atoms with Gasteiger partial charge in [0.25, 0.3) is 0 Å². The number of nitrogens with zero attached hydrogens (tertiary/aromatic N) is 1. The second-order valence-electron chi connectivity index (χ2n) is 6.25. The molecular weight excluding hydrogens is 355 g/mol. The molecule has 7 heteroatoms. The molecular formula is C19H21FN2O3S. The molecule has 1 heterocycles. The smallest absolute Gasteiger partial charge is 0.243 e. The molecule has 0 radical (unpaired) electrons. The Hall–Kier alpha value is -2.25. The molecule has 1 fully saturated rings. The van der Waals surface area contributed by atoms with E-state index in [0.717, 1.165) is 17.7 Å². The monoisotopic (exact) mass is 376 g/mol. The molecule has 0 unspecified atom stereocenters. The molecule has 0 bridgehead atoms. The van der Waals surface area contributed by atoms with Crippen LogP contribution in [0.1, 0.15) is 18.4 Å². The molecule has 0 aliphatic carbocycles. The van der Waals surface area contributed by atoms with Crippen LogP contribution in [0.5, 0.6) is 0 Å². The molecule has 0 spiro atoms. The molecule has 0 saturated carbocycles. The van der Waals surface area contributed by atoms with Gasteiger partial charge in [-0.2, -0.15) is 4.31 Å². The summed E-state index contributed by atoms with van der Waals surface area (Å²) in [5.74, 6) is -0.787. The summed E-state index contributed by atoms with van der Waals surface area (Å²) in [6.07, 6.45) is 1.79. The minimum atomic E-state index is -3.82. The summed E-state index contributed by atoms with van der Waals surface area (Å²) in [4.78, 5) is 12.5. The van der Waals surface area contributed by atoms with Crippen LogP contribution in [0.25, 0.3) is 0 Å². The van der Waals surface area contributed by atoms with Gasteiger partial charge in [-0.3, -0.25) is 4.79 Å². The van der Waals surface area contributed by atoms with E-state index in [1.807, 2.05) is 30.3 Å². The molecule has 1 aliphatic heterocycles. The number of benzene rings is 2. The number of hydrogen-bond acceptors (Lipinski definition) is 3. The quantitative estimate of drug-likeness (QED) is 0.842. The largest absolute Gasteiger partial charge is 0.354 e. The van der Waals surface area contributed by atoms with E-state index in [1.54, 1.807) is 0 Å². The van der Waals surface area contributed by atoms with Gasteiger partial charge in [-0.25, -0.2) is 12.8 Å². The van der Waals surface area contributed by atoms with Gasteiger partial charge in [0, 0.05) is 13.1 Å². The Morgan fingerprint density at radius 2 is 1.81 bits per heavy atom.